The van der Waals surface area contributed by atoms with Crippen molar-refractivity contribution in [2.75, 3.05) is 39.4 Å². The van der Waals surface area contributed by atoms with Crippen LogP contribution in [-0.4, -0.2) is 58.2 Å². The molecule has 0 aliphatic carbocycles. The van der Waals surface area contributed by atoms with E-state index in [-0.39, 0.29) is 18.4 Å². The quantitative estimate of drug-likeness (QED) is 0.649. The molecule has 6 nitrogen and oxygen atoms in total. The minimum atomic E-state index is -3.28. The molecule has 2 saturated heterocycles. The zero-order valence-corrected chi connectivity index (χ0v) is 9.94. The van der Waals surface area contributed by atoms with E-state index < -0.39 is 10.2 Å². The SMILES string of the molecule is Cl.O=S(=O)(NC1CNC1)N1CCOCC1. The maximum Gasteiger partial charge on any atom is 0.279 e. The number of ether oxygens (including phenoxy) is 1. The molecular formula is C7H16ClN3O3S. The Morgan fingerprint density at radius 3 is 2.33 bits per heavy atom. The molecule has 15 heavy (non-hydrogen) atoms. The lowest BCUT2D eigenvalue weighted by molar-refractivity contribution is 0.0722. The first-order valence-corrected chi connectivity index (χ1v) is 6.18. The summed E-state index contributed by atoms with van der Waals surface area (Å²) in [5.74, 6) is 0. The van der Waals surface area contributed by atoms with Crippen LogP contribution in [0.25, 0.3) is 0 Å². The molecule has 0 amide bonds. The van der Waals surface area contributed by atoms with Crippen LogP contribution in [0.3, 0.4) is 0 Å². The molecule has 0 spiro atoms. The molecule has 2 heterocycles. The topological polar surface area (TPSA) is 70.7 Å². The Kier molecular flexibility index (Phi) is 4.75. The smallest absolute Gasteiger partial charge is 0.279 e. The van der Waals surface area contributed by atoms with Gasteiger partial charge in [-0.15, -0.1) is 12.4 Å². The second-order valence-corrected chi connectivity index (χ2v) is 5.19. The molecule has 0 radical (unpaired) electrons. The van der Waals surface area contributed by atoms with Crippen molar-refractivity contribution in [2.24, 2.45) is 0 Å². The van der Waals surface area contributed by atoms with Gasteiger partial charge in [-0.2, -0.15) is 17.4 Å². The lowest BCUT2D eigenvalue weighted by Crippen LogP contribution is -2.60. The van der Waals surface area contributed by atoms with Gasteiger partial charge in [0.1, 0.15) is 0 Å². The van der Waals surface area contributed by atoms with Gasteiger partial charge < -0.3 is 10.1 Å². The third-order valence-corrected chi connectivity index (χ3v) is 4.08. The van der Waals surface area contributed by atoms with E-state index in [0.29, 0.717) is 26.3 Å². The van der Waals surface area contributed by atoms with Gasteiger partial charge in [0.2, 0.25) is 0 Å². The standard InChI is InChI=1S/C7H15N3O3S.ClH/c11-14(12,9-7-5-8-6-7)10-1-3-13-4-2-10;/h7-9H,1-6H2;1H. The summed E-state index contributed by atoms with van der Waals surface area (Å²) in [7, 11) is -3.28. The van der Waals surface area contributed by atoms with E-state index in [9.17, 15) is 8.42 Å². The second-order valence-electron chi connectivity index (χ2n) is 3.49. The molecule has 8 heteroatoms. The number of hydrogen-bond acceptors (Lipinski definition) is 4. The molecule has 2 aliphatic heterocycles. The van der Waals surface area contributed by atoms with Crippen LogP contribution >= 0.6 is 12.4 Å². The first kappa shape index (κ1) is 13.1. The summed E-state index contributed by atoms with van der Waals surface area (Å²) < 4.78 is 32.6. The fourth-order valence-corrected chi connectivity index (χ4v) is 2.81. The highest BCUT2D eigenvalue weighted by atomic mass is 35.5. The first-order chi connectivity index (χ1) is 6.68. The number of morpholine rings is 1. The molecule has 0 aromatic heterocycles. The van der Waals surface area contributed by atoms with Crippen LogP contribution in [0.2, 0.25) is 0 Å². The molecule has 2 rings (SSSR count). The monoisotopic (exact) mass is 257 g/mol. The molecule has 0 aromatic carbocycles. The van der Waals surface area contributed by atoms with Crippen molar-refractivity contribution in [3.05, 3.63) is 0 Å². The molecule has 0 saturated carbocycles. The summed E-state index contributed by atoms with van der Waals surface area (Å²) in [6.45, 7) is 3.34. The third kappa shape index (κ3) is 3.27. The highest BCUT2D eigenvalue weighted by Gasteiger charge is 2.29. The molecule has 0 bridgehead atoms. The van der Waals surface area contributed by atoms with Gasteiger partial charge in [-0.05, 0) is 0 Å². The van der Waals surface area contributed by atoms with E-state index in [2.05, 4.69) is 10.0 Å². The predicted molar refractivity (Wildman–Crippen MR) is 58.4 cm³/mol. The van der Waals surface area contributed by atoms with Crippen molar-refractivity contribution >= 4 is 22.6 Å². The van der Waals surface area contributed by atoms with Gasteiger partial charge in [0, 0.05) is 32.2 Å². The lowest BCUT2D eigenvalue weighted by atomic mass is 10.2. The summed E-state index contributed by atoms with van der Waals surface area (Å²) in [6.07, 6.45) is 0. The highest BCUT2D eigenvalue weighted by Crippen LogP contribution is 2.04. The molecule has 2 N–H and O–H groups in total. The zero-order valence-electron chi connectivity index (χ0n) is 8.31. The fraction of sp³-hybridized carbons (Fsp3) is 1.00. The summed E-state index contributed by atoms with van der Waals surface area (Å²) in [6, 6.07) is 0.0582. The molecule has 2 fully saturated rings. The van der Waals surface area contributed by atoms with Crippen LogP contribution in [0.4, 0.5) is 0 Å². The average Bonchev–Trinajstić information content (AvgIpc) is 2.13. The van der Waals surface area contributed by atoms with Crippen LogP contribution in [-0.2, 0) is 14.9 Å². The van der Waals surface area contributed by atoms with Gasteiger partial charge in [0.05, 0.1) is 13.2 Å². The van der Waals surface area contributed by atoms with E-state index in [1.165, 1.54) is 4.31 Å². The minimum absolute atomic E-state index is 0. The predicted octanol–water partition coefficient (Wildman–Crippen LogP) is -1.45. The third-order valence-electron chi connectivity index (χ3n) is 2.41. The van der Waals surface area contributed by atoms with Gasteiger partial charge in [-0.1, -0.05) is 0 Å². The number of hydrogen-bond donors (Lipinski definition) is 2. The number of nitrogens with one attached hydrogen (secondary N) is 2. The van der Waals surface area contributed by atoms with Gasteiger partial charge in [0.15, 0.2) is 0 Å². The summed E-state index contributed by atoms with van der Waals surface area (Å²) in [5, 5.41) is 3.02. The maximum atomic E-state index is 11.7. The normalized spacial score (nSPS) is 24.3. The largest absolute Gasteiger partial charge is 0.379 e. The Labute approximate surface area is 95.9 Å². The van der Waals surface area contributed by atoms with Crippen molar-refractivity contribution < 1.29 is 13.2 Å². The molecule has 0 aromatic rings. The van der Waals surface area contributed by atoms with Crippen molar-refractivity contribution in [1.82, 2.24) is 14.3 Å². The van der Waals surface area contributed by atoms with E-state index in [4.69, 9.17) is 4.74 Å². The summed E-state index contributed by atoms with van der Waals surface area (Å²) in [5.41, 5.74) is 0. The van der Waals surface area contributed by atoms with E-state index in [0.717, 1.165) is 13.1 Å². The lowest BCUT2D eigenvalue weighted by Gasteiger charge is -2.32. The van der Waals surface area contributed by atoms with E-state index in [1.807, 2.05) is 0 Å². The van der Waals surface area contributed by atoms with Gasteiger partial charge in [0.25, 0.3) is 10.2 Å². The molecule has 2 aliphatic rings. The van der Waals surface area contributed by atoms with Crippen molar-refractivity contribution in [3.8, 4) is 0 Å². The Balaban J connectivity index is 0.00000112. The van der Waals surface area contributed by atoms with E-state index in [1.54, 1.807) is 0 Å². The average molecular weight is 258 g/mol. The molecule has 0 unspecified atom stereocenters. The number of nitrogens with zero attached hydrogens (tertiary/aromatic N) is 1. The number of rotatable bonds is 3. The summed E-state index contributed by atoms with van der Waals surface area (Å²) in [4.78, 5) is 0. The van der Waals surface area contributed by atoms with Crippen molar-refractivity contribution in [1.29, 1.82) is 0 Å². The molecule has 90 valence electrons. The van der Waals surface area contributed by atoms with Crippen LogP contribution in [0.15, 0.2) is 0 Å². The first-order valence-electron chi connectivity index (χ1n) is 4.74. The fourth-order valence-electron chi connectivity index (χ4n) is 1.44. The summed E-state index contributed by atoms with van der Waals surface area (Å²) >= 11 is 0. The minimum Gasteiger partial charge on any atom is -0.379 e. The maximum absolute atomic E-state index is 11.7. The van der Waals surface area contributed by atoms with Crippen LogP contribution in [0.1, 0.15) is 0 Å². The van der Waals surface area contributed by atoms with Crippen LogP contribution in [0.5, 0.6) is 0 Å². The van der Waals surface area contributed by atoms with Crippen LogP contribution in [0, 0.1) is 0 Å². The highest BCUT2D eigenvalue weighted by molar-refractivity contribution is 7.87. The van der Waals surface area contributed by atoms with Gasteiger partial charge in [-0.3, -0.25) is 0 Å². The Morgan fingerprint density at radius 2 is 1.87 bits per heavy atom. The van der Waals surface area contributed by atoms with Crippen molar-refractivity contribution in [2.45, 2.75) is 6.04 Å². The van der Waals surface area contributed by atoms with E-state index >= 15 is 0 Å². The van der Waals surface area contributed by atoms with Crippen LogP contribution < -0.4 is 10.0 Å². The Morgan fingerprint density at radius 1 is 1.27 bits per heavy atom. The Hall–Kier alpha value is 0.0800. The zero-order chi connectivity index (χ0) is 10.0. The molecular weight excluding hydrogens is 242 g/mol. The van der Waals surface area contributed by atoms with Gasteiger partial charge in [-0.25, -0.2) is 0 Å². The second kappa shape index (κ2) is 5.42. The Bertz CT molecular complexity index is 288. The molecule has 0 atom stereocenters. The van der Waals surface area contributed by atoms with Crippen molar-refractivity contribution in [3.63, 3.8) is 0 Å². The number of halogens is 1. The van der Waals surface area contributed by atoms with Gasteiger partial charge >= 0.3 is 0 Å².